The first kappa shape index (κ1) is 11.5. The maximum atomic E-state index is 12.7. The van der Waals surface area contributed by atoms with Gasteiger partial charge in [0.2, 0.25) is 0 Å². The molecule has 86 valence electrons. The largest absolute Gasteiger partial charge is 0.432 e. The highest BCUT2D eigenvalue weighted by atomic mass is 32.1. The number of para-hydroxylation sites is 1. The first-order valence-electron chi connectivity index (χ1n) is 5.03. The van der Waals surface area contributed by atoms with E-state index >= 15 is 0 Å². The molecule has 17 heavy (non-hydrogen) atoms. The van der Waals surface area contributed by atoms with Gasteiger partial charge in [-0.05, 0) is 48.6 Å². The fourth-order valence-electron chi connectivity index (χ4n) is 1.27. The average molecular weight is 247 g/mol. The molecule has 0 fully saturated rings. The Labute approximate surface area is 104 Å². The van der Waals surface area contributed by atoms with Crippen LogP contribution in [0.2, 0.25) is 0 Å². The van der Waals surface area contributed by atoms with E-state index in [0.717, 1.165) is 0 Å². The van der Waals surface area contributed by atoms with Gasteiger partial charge >= 0.3 is 0 Å². The standard InChI is InChI=1S/C13H10FNOS/c14-10-6-8-11(9-7-10)15-13(17)16-12-4-2-1-3-5-12/h1-9H,(H,15,17). The smallest absolute Gasteiger partial charge is 0.266 e. The molecule has 0 aliphatic carbocycles. The van der Waals surface area contributed by atoms with E-state index in [1.54, 1.807) is 24.3 Å². The van der Waals surface area contributed by atoms with Crippen LogP contribution in [0, 0.1) is 5.82 Å². The van der Waals surface area contributed by atoms with E-state index in [4.69, 9.17) is 17.0 Å². The lowest BCUT2D eigenvalue weighted by atomic mass is 10.3. The Kier molecular flexibility index (Phi) is 3.67. The Morgan fingerprint density at radius 3 is 2.29 bits per heavy atom. The van der Waals surface area contributed by atoms with Crippen LogP contribution in [0.1, 0.15) is 0 Å². The minimum absolute atomic E-state index is 0.225. The Balaban J connectivity index is 1.96. The molecular formula is C13H10FNOS. The molecule has 2 aromatic carbocycles. The van der Waals surface area contributed by atoms with Gasteiger partial charge in [0.15, 0.2) is 0 Å². The molecule has 2 rings (SSSR count). The lowest BCUT2D eigenvalue weighted by molar-refractivity contribution is 0.563. The summed E-state index contributed by atoms with van der Waals surface area (Å²) in [5.74, 6) is 0.373. The minimum Gasteiger partial charge on any atom is -0.432 e. The molecule has 0 aromatic heterocycles. The third-order valence-electron chi connectivity index (χ3n) is 2.04. The number of hydrogen-bond donors (Lipinski definition) is 1. The summed E-state index contributed by atoms with van der Waals surface area (Å²) in [6.07, 6.45) is 0. The molecule has 0 saturated carbocycles. The van der Waals surface area contributed by atoms with Gasteiger partial charge in [-0.1, -0.05) is 18.2 Å². The summed E-state index contributed by atoms with van der Waals surface area (Å²) in [6.45, 7) is 0. The zero-order valence-electron chi connectivity index (χ0n) is 8.89. The summed E-state index contributed by atoms with van der Waals surface area (Å²) in [5.41, 5.74) is 0.687. The van der Waals surface area contributed by atoms with Crippen molar-refractivity contribution in [2.45, 2.75) is 0 Å². The van der Waals surface area contributed by atoms with Crippen LogP contribution >= 0.6 is 12.2 Å². The highest BCUT2D eigenvalue weighted by Gasteiger charge is 2.00. The zero-order chi connectivity index (χ0) is 12.1. The first-order chi connectivity index (χ1) is 8.24. The van der Waals surface area contributed by atoms with Crippen LogP contribution in [0.15, 0.2) is 54.6 Å². The third kappa shape index (κ3) is 3.53. The fourth-order valence-corrected chi connectivity index (χ4v) is 1.49. The molecule has 0 bridgehead atoms. The number of hydrogen-bond acceptors (Lipinski definition) is 2. The minimum atomic E-state index is -0.287. The molecule has 0 saturated heterocycles. The lowest BCUT2D eigenvalue weighted by Crippen LogP contribution is -2.16. The second-order valence-corrected chi connectivity index (χ2v) is 3.71. The van der Waals surface area contributed by atoms with Crippen LogP contribution in [0.3, 0.4) is 0 Å². The molecule has 0 radical (unpaired) electrons. The Bertz CT molecular complexity index is 499. The average Bonchev–Trinajstić information content (AvgIpc) is 2.33. The molecule has 4 heteroatoms. The van der Waals surface area contributed by atoms with Crippen molar-refractivity contribution < 1.29 is 9.13 Å². The molecule has 0 aliphatic heterocycles. The molecule has 2 nitrogen and oxygen atoms in total. The molecule has 0 unspecified atom stereocenters. The van der Waals surface area contributed by atoms with E-state index in [2.05, 4.69) is 5.32 Å². The Morgan fingerprint density at radius 2 is 1.65 bits per heavy atom. The molecule has 0 spiro atoms. The monoisotopic (exact) mass is 247 g/mol. The number of nitrogens with one attached hydrogen (secondary N) is 1. The van der Waals surface area contributed by atoms with E-state index in [1.807, 2.05) is 18.2 Å². The van der Waals surface area contributed by atoms with Gasteiger partial charge in [0.1, 0.15) is 11.6 Å². The van der Waals surface area contributed by atoms with Crippen LogP contribution in [-0.2, 0) is 0 Å². The summed E-state index contributed by atoms with van der Waals surface area (Å²) in [4.78, 5) is 0. The van der Waals surface area contributed by atoms with Crippen molar-refractivity contribution in [2.24, 2.45) is 0 Å². The van der Waals surface area contributed by atoms with Crippen molar-refractivity contribution in [1.82, 2.24) is 0 Å². The molecule has 1 N–H and O–H groups in total. The predicted octanol–water partition coefficient (Wildman–Crippen LogP) is 3.60. The van der Waals surface area contributed by atoms with Crippen molar-refractivity contribution in [2.75, 3.05) is 5.32 Å². The zero-order valence-corrected chi connectivity index (χ0v) is 9.71. The molecule has 2 aromatic rings. The number of ether oxygens (including phenoxy) is 1. The molecular weight excluding hydrogens is 237 g/mol. The van der Waals surface area contributed by atoms with Crippen molar-refractivity contribution in [3.05, 3.63) is 60.4 Å². The van der Waals surface area contributed by atoms with Crippen LogP contribution in [0.4, 0.5) is 10.1 Å². The number of rotatable bonds is 2. The molecule has 0 amide bonds. The van der Waals surface area contributed by atoms with Crippen molar-refractivity contribution in [3.63, 3.8) is 0 Å². The maximum Gasteiger partial charge on any atom is 0.266 e. The van der Waals surface area contributed by atoms with Gasteiger partial charge in [0.25, 0.3) is 5.17 Å². The van der Waals surface area contributed by atoms with Gasteiger partial charge in [-0.2, -0.15) is 0 Å². The number of halogens is 1. The van der Waals surface area contributed by atoms with Gasteiger partial charge in [-0.25, -0.2) is 4.39 Å². The van der Waals surface area contributed by atoms with Gasteiger partial charge in [0.05, 0.1) is 0 Å². The topological polar surface area (TPSA) is 21.3 Å². The van der Waals surface area contributed by atoms with Gasteiger partial charge in [-0.3, -0.25) is 0 Å². The van der Waals surface area contributed by atoms with E-state index in [9.17, 15) is 4.39 Å². The SMILES string of the molecule is Fc1ccc(NC(=S)Oc2ccccc2)cc1. The lowest BCUT2D eigenvalue weighted by Gasteiger charge is -2.08. The van der Waals surface area contributed by atoms with Crippen LogP contribution in [0.5, 0.6) is 5.75 Å². The quantitative estimate of drug-likeness (QED) is 0.819. The van der Waals surface area contributed by atoms with Crippen LogP contribution in [-0.4, -0.2) is 5.17 Å². The summed E-state index contributed by atoms with van der Waals surface area (Å²) < 4.78 is 18.1. The van der Waals surface area contributed by atoms with Crippen molar-refractivity contribution >= 4 is 23.1 Å². The summed E-state index contributed by atoms with van der Waals surface area (Å²) in [7, 11) is 0. The predicted molar refractivity (Wildman–Crippen MR) is 69.7 cm³/mol. The second-order valence-electron chi connectivity index (χ2n) is 3.33. The summed E-state index contributed by atoms with van der Waals surface area (Å²) in [5, 5.41) is 3.08. The highest BCUT2D eigenvalue weighted by Crippen LogP contribution is 2.12. The Morgan fingerprint density at radius 1 is 1.00 bits per heavy atom. The normalized spacial score (nSPS) is 9.71. The van der Waals surface area contributed by atoms with E-state index in [0.29, 0.717) is 11.4 Å². The van der Waals surface area contributed by atoms with Gasteiger partial charge < -0.3 is 10.1 Å². The van der Waals surface area contributed by atoms with Crippen molar-refractivity contribution in [3.8, 4) is 5.75 Å². The summed E-state index contributed by atoms with van der Waals surface area (Å²) >= 11 is 5.02. The number of thiocarbonyl (C=S) groups is 1. The van der Waals surface area contributed by atoms with Gasteiger partial charge in [-0.15, -0.1) is 0 Å². The number of benzene rings is 2. The van der Waals surface area contributed by atoms with Crippen LogP contribution < -0.4 is 10.1 Å². The van der Waals surface area contributed by atoms with E-state index in [-0.39, 0.29) is 11.0 Å². The molecule has 0 aliphatic rings. The van der Waals surface area contributed by atoms with E-state index < -0.39 is 0 Å². The van der Waals surface area contributed by atoms with E-state index in [1.165, 1.54) is 12.1 Å². The maximum absolute atomic E-state index is 12.7. The summed E-state index contributed by atoms with van der Waals surface area (Å²) in [6, 6.07) is 15.1. The molecule has 0 heterocycles. The third-order valence-corrected chi connectivity index (χ3v) is 2.23. The second kappa shape index (κ2) is 5.41. The fraction of sp³-hybridized carbons (Fsp3) is 0. The number of anilines is 1. The Hall–Kier alpha value is -1.94. The first-order valence-corrected chi connectivity index (χ1v) is 5.44. The van der Waals surface area contributed by atoms with Crippen LogP contribution in [0.25, 0.3) is 0 Å². The van der Waals surface area contributed by atoms with Crippen molar-refractivity contribution in [1.29, 1.82) is 0 Å². The highest BCUT2D eigenvalue weighted by molar-refractivity contribution is 7.80. The van der Waals surface area contributed by atoms with Gasteiger partial charge in [0, 0.05) is 5.69 Å². The molecule has 0 atom stereocenters.